The molecule has 20 heavy (non-hydrogen) atoms. The van der Waals surface area contributed by atoms with Gasteiger partial charge in [-0.1, -0.05) is 0 Å². The highest BCUT2D eigenvalue weighted by Gasteiger charge is 2.06. The zero-order valence-corrected chi connectivity index (χ0v) is 11.0. The van der Waals surface area contributed by atoms with E-state index < -0.39 is 0 Å². The number of amides is 1. The first-order valence-electron chi connectivity index (χ1n) is 6.33. The fraction of sp³-hybridized carbons (Fsp3) is 0.214. The van der Waals surface area contributed by atoms with Gasteiger partial charge in [0.25, 0.3) is 0 Å². The normalized spacial score (nSPS) is 10.8. The Balaban J connectivity index is 1.64. The number of fused-ring (bicyclic) bond motifs is 1. The standard InChI is InChI=1S/C14H14N4O2/c1-10-6-11-7-12(2-3-13(11)20-10)17-14(19)4-5-18-9-15-8-16-18/h2-3,6-9H,4-5H2,1H3,(H,17,19). The first kappa shape index (κ1) is 12.4. The summed E-state index contributed by atoms with van der Waals surface area (Å²) < 4.78 is 7.12. The summed E-state index contributed by atoms with van der Waals surface area (Å²) in [4.78, 5) is 15.7. The maximum atomic E-state index is 11.9. The number of rotatable bonds is 4. The van der Waals surface area contributed by atoms with Crippen molar-refractivity contribution >= 4 is 22.6 Å². The highest BCUT2D eigenvalue weighted by molar-refractivity contribution is 5.93. The van der Waals surface area contributed by atoms with E-state index in [4.69, 9.17) is 4.42 Å². The largest absolute Gasteiger partial charge is 0.461 e. The van der Waals surface area contributed by atoms with Crippen LogP contribution in [0.5, 0.6) is 0 Å². The number of anilines is 1. The molecule has 2 aromatic heterocycles. The molecule has 3 aromatic rings. The summed E-state index contributed by atoms with van der Waals surface area (Å²) in [7, 11) is 0. The van der Waals surface area contributed by atoms with Gasteiger partial charge in [0.05, 0.1) is 6.54 Å². The topological polar surface area (TPSA) is 73.0 Å². The van der Waals surface area contributed by atoms with E-state index in [1.807, 2.05) is 31.2 Å². The van der Waals surface area contributed by atoms with Gasteiger partial charge in [-0.25, -0.2) is 4.98 Å². The summed E-state index contributed by atoms with van der Waals surface area (Å²) in [6.45, 7) is 2.41. The van der Waals surface area contributed by atoms with E-state index in [-0.39, 0.29) is 5.91 Å². The Hall–Kier alpha value is -2.63. The molecule has 102 valence electrons. The van der Waals surface area contributed by atoms with E-state index in [0.29, 0.717) is 13.0 Å². The molecule has 3 rings (SSSR count). The van der Waals surface area contributed by atoms with Gasteiger partial charge in [0.1, 0.15) is 24.0 Å². The Morgan fingerprint density at radius 1 is 1.40 bits per heavy atom. The van der Waals surface area contributed by atoms with E-state index in [1.54, 1.807) is 11.0 Å². The molecule has 1 amide bonds. The molecule has 0 atom stereocenters. The Morgan fingerprint density at radius 3 is 3.10 bits per heavy atom. The van der Waals surface area contributed by atoms with Gasteiger partial charge in [-0.2, -0.15) is 5.10 Å². The minimum atomic E-state index is -0.0555. The van der Waals surface area contributed by atoms with E-state index in [2.05, 4.69) is 15.4 Å². The third-order valence-corrected chi connectivity index (χ3v) is 2.96. The van der Waals surface area contributed by atoms with Gasteiger partial charge in [0, 0.05) is 17.5 Å². The first-order valence-corrected chi connectivity index (χ1v) is 6.33. The quantitative estimate of drug-likeness (QED) is 0.789. The second-order valence-corrected chi connectivity index (χ2v) is 4.57. The van der Waals surface area contributed by atoms with Gasteiger partial charge in [-0.05, 0) is 31.2 Å². The number of nitrogens with one attached hydrogen (secondary N) is 1. The third kappa shape index (κ3) is 2.69. The molecule has 0 aliphatic carbocycles. The van der Waals surface area contributed by atoms with E-state index in [0.717, 1.165) is 22.4 Å². The summed E-state index contributed by atoms with van der Waals surface area (Å²) in [5, 5.41) is 7.80. The molecule has 6 nitrogen and oxygen atoms in total. The minimum Gasteiger partial charge on any atom is -0.461 e. The third-order valence-electron chi connectivity index (χ3n) is 2.96. The van der Waals surface area contributed by atoms with Crippen molar-refractivity contribution in [3.05, 3.63) is 42.7 Å². The van der Waals surface area contributed by atoms with Crippen LogP contribution in [-0.2, 0) is 11.3 Å². The van der Waals surface area contributed by atoms with Crippen molar-refractivity contribution < 1.29 is 9.21 Å². The van der Waals surface area contributed by atoms with Gasteiger partial charge in [0.15, 0.2) is 0 Å². The zero-order chi connectivity index (χ0) is 13.9. The minimum absolute atomic E-state index is 0.0555. The van der Waals surface area contributed by atoms with E-state index in [1.165, 1.54) is 6.33 Å². The van der Waals surface area contributed by atoms with Gasteiger partial charge >= 0.3 is 0 Å². The summed E-state index contributed by atoms with van der Waals surface area (Å²) in [5.41, 5.74) is 1.59. The number of benzene rings is 1. The van der Waals surface area contributed by atoms with Crippen molar-refractivity contribution in [3.8, 4) is 0 Å². The number of aryl methyl sites for hydroxylation is 2. The van der Waals surface area contributed by atoms with Crippen LogP contribution in [0.1, 0.15) is 12.2 Å². The molecule has 0 radical (unpaired) electrons. The molecule has 2 heterocycles. The van der Waals surface area contributed by atoms with Crippen LogP contribution in [0.25, 0.3) is 11.0 Å². The molecule has 0 fully saturated rings. The van der Waals surface area contributed by atoms with Crippen LogP contribution in [-0.4, -0.2) is 20.7 Å². The van der Waals surface area contributed by atoms with Gasteiger partial charge in [-0.3, -0.25) is 9.48 Å². The maximum Gasteiger partial charge on any atom is 0.226 e. The Morgan fingerprint density at radius 2 is 2.30 bits per heavy atom. The van der Waals surface area contributed by atoms with E-state index in [9.17, 15) is 4.79 Å². The van der Waals surface area contributed by atoms with Crippen LogP contribution in [0, 0.1) is 6.92 Å². The van der Waals surface area contributed by atoms with Crippen molar-refractivity contribution in [2.24, 2.45) is 0 Å². The van der Waals surface area contributed by atoms with Crippen LogP contribution in [0.3, 0.4) is 0 Å². The van der Waals surface area contributed by atoms with Crippen molar-refractivity contribution in [1.82, 2.24) is 14.8 Å². The van der Waals surface area contributed by atoms with Crippen LogP contribution in [0.15, 0.2) is 41.3 Å². The van der Waals surface area contributed by atoms with Gasteiger partial charge in [0.2, 0.25) is 5.91 Å². The lowest BCUT2D eigenvalue weighted by atomic mass is 10.2. The lowest BCUT2D eigenvalue weighted by Crippen LogP contribution is -2.14. The van der Waals surface area contributed by atoms with Crippen LogP contribution in [0.4, 0.5) is 5.69 Å². The van der Waals surface area contributed by atoms with Crippen LogP contribution >= 0.6 is 0 Å². The van der Waals surface area contributed by atoms with Crippen molar-refractivity contribution in [3.63, 3.8) is 0 Å². The highest BCUT2D eigenvalue weighted by atomic mass is 16.3. The van der Waals surface area contributed by atoms with Crippen molar-refractivity contribution in [1.29, 1.82) is 0 Å². The molecule has 0 bridgehead atoms. The molecule has 1 N–H and O–H groups in total. The number of furan rings is 1. The summed E-state index contributed by atoms with van der Waals surface area (Å²) in [6, 6.07) is 7.54. The molecule has 0 saturated heterocycles. The molecule has 0 saturated carbocycles. The average Bonchev–Trinajstić information content (AvgIpc) is 3.04. The Labute approximate surface area is 115 Å². The molecule has 0 spiro atoms. The summed E-state index contributed by atoms with van der Waals surface area (Å²) in [5.74, 6) is 0.801. The molecule has 1 aromatic carbocycles. The number of hydrogen-bond acceptors (Lipinski definition) is 4. The molecule has 0 unspecified atom stereocenters. The van der Waals surface area contributed by atoms with Gasteiger partial charge in [-0.15, -0.1) is 0 Å². The van der Waals surface area contributed by atoms with Crippen molar-refractivity contribution in [2.45, 2.75) is 19.9 Å². The SMILES string of the molecule is Cc1cc2cc(NC(=O)CCn3cncn3)ccc2o1. The number of carbonyl (C=O) groups excluding carboxylic acids is 1. The van der Waals surface area contributed by atoms with E-state index >= 15 is 0 Å². The highest BCUT2D eigenvalue weighted by Crippen LogP contribution is 2.22. The lowest BCUT2D eigenvalue weighted by Gasteiger charge is -2.05. The molecule has 0 aliphatic heterocycles. The smallest absolute Gasteiger partial charge is 0.226 e. The molecule has 0 aliphatic rings. The second-order valence-electron chi connectivity index (χ2n) is 4.57. The molecule has 6 heteroatoms. The molecular weight excluding hydrogens is 256 g/mol. The number of aromatic nitrogens is 3. The average molecular weight is 270 g/mol. The fourth-order valence-electron chi connectivity index (χ4n) is 2.04. The first-order chi connectivity index (χ1) is 9.70. The number of hydrogen-bond donors (Lipinski definition) is 1. The molecular formula is C14H14N4O2. The summed E-state index contributed by atoms with van der Waals surface area (Å²) in [6.07, 6.45) is 3.40. The summed E-state index contributed by atoms with van der Waals surface area (Å²) >= 11 is 0. The predicted molar refractivity (Wildman–Crippen MR) is 74.2 cm³/mol. The Kier molecular flexibility index (Phi) is 3.20. The number of nitrogens with zero attached hydrogens (tertiary/aromatic N) is 3. The maximum absolute atomic E-state index is 11.9. The van der Waals surface area contributed by atoms with Crippen LogP contribution in [0.2, 0.25) is 0 Å². The van der Waals surface area contributed by atoms with Gasteiger partial charge < -0.3 is 9.73 Å². The Bertz CT molecular complexity index is 731. The van der Waals surface area contributed by atoms with Crippen LogP contribution < -0.4 is 5.32 Å². The second kappa shape index (κ2) is 5.16. The number of carbonyl (C=O) groups is 1. The fourth-order valence-corrected chi connectivity index (χ4v) is 2.04. The van der Waals surface area contributed by atoms with Crippen molar-refractivity contribution in [2.75, 3.05) is 5.32 Å². The zero-order valence-electron chi connectivity index (χ0n) is 11.0. The monoisotopic (exact) mass is 270 g/mol. The predicted octanol–water partition coefficient (Wildman–Crippen LogP) is 2.36. The lowest BCUT2D eigenvalue weighted by molar-refractivity contribution is -0.116.